The predicted molar refractivity (Wildman–Crippen MR) is 89.0 cm³/mol. The van der Waals surface area contributed by atoms with Gasteiger partial charge in [-0.3, -0.25) is 4.90 Å². The number of benzene rings is 1. The zero-order valence-electron chi connectivity index (χ0n) is 12.7. The van der Waals surface area contributed by atoms with Gasteiger partial charge >= 0.3 is 0 Å². The zero-order valence-corrected chi connectivity index (χ0v) is 13.6. The fraction of sp³-hybridized carbons (Fsp3) is 0.467. The van der Waals surface area contributed by atoms with Crippen molar-refractivity contribution in [3.05, 3.63) is 36.2 Å². The van der Waals surface area contributed by atoms with Crippen molar-refractivity contribution in [2.75, 3.05) is 44.7 Å². The Morgan fingerprint density at radius 1 is 1.18 bits per heavy atom. The lowest BCUT2D eigenvalue weighted by Crippen LogP contribution is -2.47. The first kappa shape index (κ1) is 16.6. The summed E-state index contributed by atoms with van der Waals surface area (Å²) in [7, 11) is 1.73. The van der Waals surface area contributed by atoms with Crippen molar-refractivity contribution < 1.29 is 4.74 Å². The van der Waals surface area contributed by atoms with Crippen molar-refractivity contribution in [2.24, 2.45) is 0 Å². The molecule has 1 aliphatic heterocycles. The van der Waals surface area contributed by atoms with Crippen molar-refractivity contribution in [1.29, 1.82) is 0 Å². The Morgan fingerprint density at radius 3 is 2.64 bits per heavy atom. The van der Waals surface area contributed by atoms with Gasteiger partial charge in [0, 0.05) is 39.1 Å². The van der Waals surface area contributed by atoms with E-state index in [-0.39, 0.29) is 12.4 Å². The third-order valence-electron chi connectivity index (χ3n) is 3.95. The molecule has 1 saturated heterocycles. The molecule has 1 aromatic carbocycles. The number of aromatic amines is 1. The molecule has 0 unspecified atom stereocenters. The van der Waals surface area contributed by atoms with Crippen LogP contribution >= 0.6 is 12.4 Å². The van der Waals surface area contributed by atoms with Gasteiger partial charge in [-0.15, -0.1) is 12.4 Å². The van der Waals surface area contributed by atoms with E-state index in [2.05, 4.69) is 37.3 Å². The molecule has 0 aliphatic carbocycles. The van der Waals surface area contributed by atoms with Crippen LogP contribution < -0.4 is 9.64 Å². The van der Waals surface area contributed by atoms with E-state index in [9.17, 15) is 0 Å². The van der Waals surface area contributed by atoms with Gasteiger partial charge in [0.1, 0.15) is 5.75 Å². The standard InChI is InChI=1S/C15H21N5O.ClH/c1-21-15-5-3-2-4-14(15)20-10-8-19(9-11-20)7-6-13-12-16-18-17-13;/h2-5,12H,6-11H2,1H3,(H,16,17,18);1H. The van der Waals surface area contributed by atoms with E-state index in [0.29, 0.717) is 0 Å². The summed E-state index contributed by atoms with van der Waals surface area (Å²) < 4.78 is 5.45. The number of rotatable bonds is 5. The number of aromatic nitrogens is 3. The molecule has 0 bridgehead atoms. The Balaban J connectivity index is 0.00000176. The van der Waals surface area contributed by atoms with Crippen LogP contribution in [0, 0.1) is 0 Å². The summed E-state index contributed by atoms with van der Waals surface area (Å²) in [6.07, 6.45) is 2.75. The molecule has 0 saturated carbocycles. The summed E-state index contributed by atoms with van der Waals surface area (Å²) >= 11 is 0. The van der Waals surface area contributed by atoms with Crippen molar-refractivity contribution >= 4 is 18.1 Å². The third-order valence-corrected chi connectivity index (χ3v) is 3.95. The molecular formula is C15H22ClN5O. The van der Waals surface area contributed by atoms with Crippen LogP contribution in [0.5, 0.6) is 5.75 Å². The molecule has 0 radical (unpaired) electrons. The van der Waals surface area contributed by atoms with E-state index in [1.165, 1.54) is 5.69 Å². The molecule has 0 amide bonds. The van der Waals surface area contributed by atoms with Crippen LogP contribution in [0.1, 0.15) is 5.69 Å². The second-order valence-electron chi connectivity index (χ2n) is 5.21. The number of hydrogen-bond acceptors (Lipinski definition) is 5. The van der Waals surface area contributed by atoms with Gasteiger partial charge in [0.2, 0.25) is 0 Å². The van der Waals surface area contributed by atoms with E-state index in [1.54, 1.807) is 13.3 Å². The lowest BCUT2D eigenvalue weighted by molar-refractivity contribution is 0.259. The first-order valence-electron chi connectivity index (χ1n) is 7.32. The number of piperazine rings is 1. The average Bonchev–Trinajstić information content (AvgIpc) is 3.07. The SMILES string of the molecule is COc1ccccc1N1CCN(CCc2cn[nH]n2)CC1.Cl. The third kappa shape index (κ3) is 3.90. The molecule has 6 nitrogen and oxygen atoms in total. The fourth-order valence-electron chi connectivity index (χ4n) is 2.72. The van der Waals surface area contributed by atoms with Crippen LogP contribution in [0.25, 0.3) is 0 Å². The van der Waals surface area contributed by atoms with Crippen LogP contribution in [0.4, 0.5) is 5.69 Å². The van der Waals surface area contributed by atoms with Crippen molar-refractivity contribution in [3.8, 4) is 5.75 Å². The molecule has 1 aliphatic rings. The van der Waals surface area contributed by atoms with E-state index in [4.69, 9.17) is 4.74 Å². The number of para-hydroxylation sites is 2. The minimum atomic E-state index is 0. The van der Waals surface area contributed by atoms with Gasteiger partial charge in [-0.25, -0.2) is 0 Å². The number of hydrogen-bond donors (Lipinski definition) is 1. The minimum absolute atomic E-state index is 0. The lowest BCUT2D eigenvalue weighted by atomic mass is 10.2. The topological polar surface area (TPSA) is 57.3 Å². The lowest BCUT2D eigenvalue weighted by Gasteiger charge is -2.36. The molecule has 120 valence electrons. The second kappa shape index (κ2) is 8.00. The van der Waals surface area contributed by atoms with Crippen LogP contribution in [-0.2, 0) is 6.42 Å². The fourth-order valence-corrected chi connectivity index (χ4v) is 2.72. The van der Waals surface area contributed by atoms with Gasteiger partial charge in [0.25, 0.3) is 0 Å². The minimum Gasteiger partial charge on any atom is -0.495 e. The van der Waals surface area contributed by atoms with Crippen molar-refractivity contribution in [2.45, 2.75) is 6.42 Å². The quantitative estimate of drug-likeness (QED) is 0.905. The van der Waals surface area contributed by atoms with E-state index >= 15 is 0 Å². The van der Waals surface area contributed by atoms with Crippen LogP contribution in [0.3, 0.4) is 0 Å². The Morgan fingerprint density at radius 2 is 1.95 bits per heavy atom. The maximum absolute atomic E-state index is 5.45. The van der Waals surface area contributed by atoms with Crippen molar-refractivity contribution in [3.63, 3.8) is 0 Å². The molecule has 3 rings (SSSR count). The summed E-state index contributed by atoms with van der Waals surface area (Å²) in [5.41, 5.74) is 2.22. The smallest absolute Gasteiger partial charge is 0.142 e. The molecule has 1 aromatic heterocycles. The van der Waals surface area contributed by atoms with Crippen LogP contribution in [-0.4, -0.2) is 60.1 Å². The highest BCUT2D eigenvalue weighted by Crippen LogP contribution is 2.28. The van der Waals surface area contributed by atoms with Crippen LogP contribution in [0.15, 0.2) is 30.5 Å². The molecule has 2 aromatic rings. The molecule has 22 heavy (non-hydrogen) atoms. The summed E-state index contributed by atoms with van der Waals surface area (Å²) in [5.74, 6) is 0.952. The average molecular weight is 324 g/mol. The Kier molecular flexibility index (Phi) is 6.03. The maximum Gasteiger partial charge on any atom is 0.142 e. The maximum atomic E-state index is 5.45. The van der Waals surface area contributed by atoms with Gasteiger partial charge in [0.15, 0.2) is 0 Å². The summed E-state index contributed by atoms with van der Waals surface area (Å²) in [6, 6.07) is 8.22. The molecule has 7 heteroatoms. The summed E-state index contributed by atoms with van der Waals surface area (Å²) in [5, 5.41) is 10.6. The molecule has 0 spiro atoms. The van der Waals surface area contributed by atoms with E-state index < -0.39 is 0 Å². The second-order valence-corrected chi connectivity index (χ2v) is 5.21. The molecule has 0 atom stereocenters. The van der Waals surface area contributed by atoms with Gasteiger partial charge in [-0.2, -0.15) is 15.4 Å². The summed E-state index contributed by atoms with van der Waals surface area (Å²) in [6.45, 7) is 5.22. The number of H-pyrrole nitrogens is 1. The predicted octanol–water partition coefficient (Wildman–Crippen LogP) is 1.60. The Hall–Kier alpha value is -1.79. The highest BCUT2D eigenvalue weighted by molar-refractivity contribution is 5.85. The number of ether oxygens (including phenoxy) is 1. The Bertz CT molecular complexity index is 555. The van der Waals surface area contributed by atoms with E-state index in [0.717, 1.165) is 50.6 Å². The largest absolute Gasteiger partial charge is 0.495 e. The summed E-state index contributed by atoms with van der Waals surface area (Å²) in [4.78, 5) is 4.87. The first-order chi connectivity index (χ1) is 10.4. The highest BCUT2D eigenvalue weighted by atomic mass is 35.5. The monoisotopic (exact) mass is 323 g/mol. The van der Waals surface area contributed by atoms with Gasteiger partial charge in [-0.1, -0.05) is 12.1 Å². The first-order valence-corrected chi connectivity index (χ1v) is 7.32. The number of nitrogens with one attached hydrogen (secondary N) is 1. The van der Waals surface area contributed by atoms with Crippen LogP contribution in [0.2, 0.25) is 0 Å². The zero-order chi connectivity index (χ0) is 14.5. The molecule has 1 fully saturated rings. The number of anilines is 1. The number of halogens is 1. The van der Waals surface area contributed by atoms with Gasteiger partial charge in [-0.05, 0) is 12.1 Å². The normalized spacial score (nSPS) is 15.4. The molecule has 1 N–H and O–H groups in total. The molecular weight excluding hydrogens is 302 g/mol. The highest BCUT2D eigenvalue weighted by Gasteiger charge is 2.19. The van der Waals surface area contributed by atoms with Crippen molar-refractivity contribution in [1.82, 2.24) is 20.3 Å². The van der Waals surface area contributed by atoms with Gasteiger partial charge < -0.3 is 9.64 Å². The van der Waals surface area contributed by atoms with Gasteiger partial charge in [0.05, 0.1) is 24.7 Å². The van der Waals surface area contributed by atoms with E-state index in [1.807, 2.05) is 12.1 Å². The number of nitrogens with zero attached hydrogens (tertiary/aromatic N) is 4. The molecule has 2 heterocycles. The number of methoxy groups -OCH3 is 1. The Labute approximate surface area is 136 Å².